The fourth-order valence-electron chi connectivity index (χ4n) is 2.82. The van der Waals surface area contributed by atoms with E-state index in [0.29, 0.717) is 6.10 Å². The van der Waals surface area contributed by atoms with Crippen LogP contribution in [0.4, 0.5) is 0 Å². The molecule has 0 N–H and O–H groups in total. The van der Waals surface area contributed by atoms with E-state index in [2.05, 4.69) is 36.0 Å². The summed E-state index contributed by atoms with van der Waals surface area (Å²) in [6.07, 6.45) is 5.13. The predicted molar refractivity (Wildman–Crippen MR) is 93.8 cm³/mol. The third-order valence-electron chi connectivity index (χ3n) is 4.17. The summed E-state index contributed by atoms with van der Waals surface area (Å²) >= 11 is 3.69. The maximum absolute atomic E-state index is 5.88. The Labute approximate surface area is 141 Å². The third kappa shape index (κ3) is 4.16. The van der Waals surface area contributed by atoms with Crippen molar-refractivity contribution in [2.24, 2.45) is 0 Å². The lowest BCUT2D eigenvalue weighted by Gasteiger charge is -2.21. The summed E-state index contributed by atoms with van der Waals surface area (Å²) in [5.74, 6) is 0. The van der Waals surface area contributed by atoms with Crippen LogP contribution < -0.4 is 0 Å². The van der Waals surface area contributed by atoms with Crippen LogP contribution in [0.2, 0.25) is 0 Å². The summed E-state index contributed by atoms with van der Waals surface area (Å²) in [6, 6.07) is 4.53. The quantitative estimate of drug-likeness (QED) is 0.780. The number of thiazole rings is 1. The van der Waals surface area contributed by atoms with Crippen LogP contribution in [0, 0.1) is 6.92 Å². The van der Waals surface area contributed by atoms with Crippen molar-refractivity contribution in [3.63, 3.8) is 0 Å². The number of aryl methyl sites for hydroxylation is 1. The van der Waals surface area contributed by atoms with E-state index in [1.807, 2.05) is 16.8 Å². The van der Waals surface area contributed by atoms with Gasteiger partial charge in [-0.1, -0.05) is 0 Å². The molecule has 22 heavy (non-hydrogen) atoms. The molecule has 1 aliphatic heterocycles. The molecule has 2 aromatic rings. The molecule has 0 aromatic carbocycles. The molecule has 0 bridgehead atoms. The van der Waals surface area contributed by atoms with Gasteiger partial charge in [0.15, 0.2) is 0 Å². The minimum atomic E-state index is 0.345. The van der Waals surface area contributed by atoms with Crippen molar-refractivity contribution in [1.82, 2.24) is 9.88 Å². The molecule has 2 aromatic heterocycles. The summed E-state index contributed by atoms with van der Waals surface area (Å²) in [5.41, 5.74) is 3.13. The SMILES string of the molecule is Cc1ncsc1CCN(C)Cc1ccc(C2CCCCO2)s1. The average molecular weight is 337 g/mol. The second kappa shape index (κ2) is 7.68. The van der Waals surface area contributed by atoms with Crippen molar-refractivity contribution in [2.45, 2.75) is 45.3 Å². The number of nitrogens with zero attached hydrogens (tertiary/aromatic N) is 2. The van der Waals surface area contributed by atoms with Gasteiger partial charge in [-0.25, -0.2) is 4.98 Å². The molecule has 1 atom stereocenters. The van der Waals surface area contributed by atoms with Gasteiger partial charge in [-0.15, -0.1) is 22.7 Å². The Balaban J connectivity index is 1.50. The van der Waals surface area contributed by atoms with E-state index >= 15 is 0 Å². The van der Waals surface area contributed by atoms with Crippen LogP contribution in [0.25, 0.3) is 0 Å². The zero-order valence-electron chi connectivity index (χ0n) is 13.4. The van der Waals surface area contributed by atoms with Crippen molar-refractivity contribution in [3.8, 4) is 0 Å². The second-order valence-electron chi connectivity index (χ2n) is 6.01. The molecule has 0 radical (unpaired) electrons. The standard InChI is InChI=1S/C17H24N2OS2/c1-13-16(21-12-18-13)8-9-19(2)11-14-6-7-17(22-14)15-5-3-4-10-20-15/h6-7,12,15H,3-5,8-11H2,1-2H3. The molecular formula is C17H24N2OS2. The third-order valence-corrected chi connectivity index (χ3v) is 6.33. The van der Waals surface area contributed by atoms with E-state index < -0.39 is 0 Å². The number of rotatable bonds is 6. The number of aromatic nitrogens is 1. The lowest BCUT2D eigenvalue weighted by molar-refractivity contribution is 0.0172. The van der Waals surface area contributed by atoms with Crippen LogP contribution >= 0.6 is 22.7 Å². The van der Waals surface area contributed by atoms with Gasteiger partial charge < -0.3 is 9.64 Å². The first-order valence-electron chi connectivity index (χ1n) is 8.00. The topological polar surface area (TPSA) is 25.4 Å². The normalized spacial score (nSPS) is 19.0. The van der Waals surface area contributed by atoms with Gasteiger partial charge >= 0.3 is 0 Å². The Hall–Kier alpha value is -0.750. The number of hydrogen-bond donors (Lipinski definition) is 0. The molecule has 3 heterocycles. The lowest BCUT2D eigenvalue weighted by Crippen LogP contribution is -2.20. The van der Waals surface area contributed by atoms with Crippen LogP contribution in [0.1, 0.15) is 45.7 Å². The summed E-state index contributed by atoms with van der Waals surface area (Å²) in [4.78, 5) is 11.0. The van der Waals surface area contributed by atoms with Gasteiger partial charge in [0.25, 0.3) is 0 Å². The molecule has 5 heteroatoms. The van der Waals surface area contributed by atoms with Gasteiger partial charge in [0.1, 0.15) is 0 Å². The van der Waals surface area contributed by atoms with Crippen LogP contribution in [-0.2, 0) is 17.7 Å². The van der Waals surface area contributed by atoms with Gasteiger partial charge in [0.05, 0.1) is 17.3 Å². The van der Waals surface area contributed by atoms with E-state index in [9.17, 15) is 0 Å². The van der Waals surface area contributed by atoms with Gasteiger partial charge in [-0.05, 0) is 51.8 Å². The Kier molecular flexibility index (Phi) is 5.63. The first kappa shape index (κ1) is 16.1. The van der Waals surface area contributed by atoms with E-state index in [1.165, 1.54) is 39.6 Å². The largest absolute Gasteiger partial charge is 0.373 e. The molecule has 3 nitrogen and oxygen atoms in total. The molecule has 0 saturated carbocycles. The zero-order chi connectivity index (χ0) is 15.4. The molecule has 0 amide bonds. The molecule has 1 aliphatic rings. The maximum Gasteiger partial charge on any atom is 0.0916 e. The highest BCUT2D eigenvalue weighted by Crippen LogP contribution is 2.33. The van der Waals surface area contributed by atoms with Crippen LogP contribution in [0.5, 0.6) is 0 Å². The van der Waals surface area contributed by atoms with Crippen molar-refractivity contribution in [3.05, 3.63) is 38.0 Å². The molecular weight excluding hydrogens is 312 g/mol. The Bertz CT molecular complexity index is 587. The highest BCUT2D eigenvalue weighted by atomic mass is 32.1. The maximum atomic E-state index is 5.88. The van der Waals surface area contributed by atoms with Crippen molar-refractivity contribution < 1.29 is 4.74 Å². The predicted octanol–water partition coefficient (Wildman–Crippen LogP) is 4.43. The summed E-state index contributed by atoms with van der Waals surface area (Å²) in [5, 5.41) is 0. The minimum absolute atomic E-state index is 0.345. The Morgan fingerprint density at radius 2 is 2.27 bits per heavy atom. The molecule has 0 spiro atoms. The van der Waals surface area contributed by atoms with Crippen molar-refractivity contribution >= 4 is 22.7 Å². The van der Waals surface area contributed by atoms with Crippen LogP contribution in [0.15, 0.2) is 17.6 Å². The van der Waals surface area contributed by atoms with Crippen molar-refractivity contribution in [2.75, 3.05) is 20.2 Å². The van der Waals surface area contributed by atoms with E-state index in [0.717, 1.165) is 26.1 Å². The van der Waals surface area contributed by atoms with Gasteiger partial charge in [0.2, 0.25) is 0 Å². The van der Waals surface area contributed by atoms with Gasteiger partial charge in [-0.3, -0.25) is 0 Å². The second-order valence-corrected chi connectivity index (χ2v) is 8.15. The van der Waals surface area contributed by atoms with Gasteiger partial charge in [-0.2, -0.15) is 0 Å². The Morgan fingerprint density at radius 1 is 1.36 bits per heavy atom. The summed E-state index contributed by atoms with van der Waals surface area (Å²) in [7, 11) is 2.20. The Morgan fingerprint density at radius 3 is 3.00 bits per heavy atom. The smallest absolute Gasteiger partial charge is 0.0916 e. The molecule has 1 unspecified atom stereocenters. The van der Waals surface area contributed by atoms with Gasteiger partial charge in [0, 0.05) is 34.3 Å². The number of thiophene rings is 1. The number of likely N-dealkylation sites (N-methyl/N-ethyl adjacent to an activating group) is 1. The minimum Gasteiger partial charge on any atom is -0.373 e. The van der Waals surface area contributed by atoms with Crippen LogP contribution in [0.3, 0.4) is 0 Å². The van der Waals surface area contributed by atoms with Crippen molar-refractivity contribution in [1.29, 1.82) is 0 Å². The highest BCUT2D eigenvalue weighted by Gasteiger charge is 2.18. The monoisotopic (exact) mass is 336 g/mol. The molecule has 3 rings (SSSR count). The summed E-state index contributed by atoms with van der Waals surface area (Å²) in [6.45, 7) is 5.12. The van der Waals surface area contributed by atoms with Crippen LogP contribution in [-0.4, -0.2) is 30.1 Å². The number of hydrogen-bond acceptors (Lipinski definition) is 5. The summed E-state index contributed by atoms with van der Waals surface area (Å²) < 4.78 is 5.88. The first-order valence-corrected chi connectivity index (χ1v) is 9.69. The molecule has 0 aliphatic carbocycles. The fourth-order valence-corrected chi connectivity index (χ4v) is 4.77. The first-order chi connectivity index (χ1) is 10.7. The lowest BCUT2D eigenvalue weighted by atomic mass is 10.1. The zero-order valence-corrected chi connectivity index (χ0v) is 15.0. The average Bonchev–Trinajstić information content (AvgIpc) is 3.15. The van der Waals surface area contributed by atoms with E-state index in [4.69, 9.17) is 4.74 Å². The van der Waals surface area contributed by atoms with E-state index in [1.54, 1.807) is 11.3 Å². The molecule has 120 valence electrons. The fraction of sp³-hybridized carbons (Fsp3) is 0.588. The van der Waals surface area contributed by atoms with E-state index in [-0.39, 0.29) is 0 Å². The molecule has 1 fully saturated rings. The molecule has 1 saturated heterocycles. The number of ether oxygens (including phenoxy) is 1. The highest BCUT2D eigenvalue weighted by molar-refractivity contribution is 7.12.